The maximum Gasteiger partial charge on any atom is 0.268 e. The van der Waals surface area contributed by atoms with Crippen LogP contribution in [-0.2, 0) is 0 Å². The molecule has 0 bridgehead atoms. The van der Waals surface area contributed by atoms with Crippen LogP contribution in [0.3, 0.4) is 0 Å². The zero-order valence-corrected chi connectivity index (χ0v) is 8.67. The van der Waals surface area contributed by atoms with Gasteiger partial charge in [0.25, 0.3) is 5.91 Å². The van der Waals surface area contributed by atoms with Crippen LogP contribution in [0.15, 0.2) is 12.4 Å². The molecule has 14 heavy (non-hydrogen) atoms. The molecule has 0 aliphatic rings. The third kappa shape index (κ3) is 3.21. The van der Waals surface area contributed by atoms with Crippen LogP contribution in [0.1, 0.15) is 10.5 Å². The topological polar surface area (TPSA) is 80.9 Å². The number of hydrogen-bond acceptors (Lipinski definition) is 5. The molecule has 1 heterocycles. The van der Waals surface area contributed by atoms with Crippen molar-refractivity contribution in [2.75, 3.05) is 23.9 Å². The highest BCUT2D eigenvalue weighted by molar-refractivity contribution is 7.98. The summed E-state index contributed by atoms with van der Waals surface area (Å²) in [6.07, 6.45) is 4.93. The van der Waals surface area contributed by atoms with E-state index in [4.69, 9.17) is 5.73 Å². The summed E-state index contributed by atoms with van der Waals surface area (Å²) in [6.45, 7) is 0.790. The molecule has 0 atom stereocenters. The Morgan fingerprint density at radius 1 is 1.64 bits per heavy atom. The fraction of sp³-hybridized carbons (Fsp3) is 0.375. The highest BCUT2D eigenvalue weighted by Crippen LogP contribution is 2.01. The number of nitrogens with zero attached hydrogens (tertiary/aromatic N) is 2. The number of primary amides is 1. The van der Waals surface area contributed by atoms with E-state index in [0.29, 0.717) is 5.82 Å². The predicted octanol–water partition coefficient (Wildman–Crippen LogP) is 0.350. The number of aromatic nitrogens is 2. The zero-order chi connectivity index (χ0) is 10.4. The largest absolute Gasteiger partial charge is 0.368 e. The zero-order valence-electron chi connectivity index (χ0n) is 7.86. The standard InChI is InChI=1S/C8H12N4OS/c1-14-3-2-11-7-5-10-4-6(12-7)8(9)13/h4-5H,2-3H2,1H3,(H2,9,13)(H,11,12). The van der Waals surface area contributed by atoms with Crippen molar-refractivity contribution in [3.63, 3.8) is 0 Å². The highest BCUT2D eigenvalue weighted by atomic mass is 32.2. The fourth-order valence-corrected chi connectivity index (χ4v) is 1.16. The molecule has 0 aliphatic carbocycles. The number of carbonyl (C=O) groups is 1. The van der Waals surface area contributed by atoms with Crippen LogP contribution < -0.4 is 11.1 Å². The first kappa shape index (κ1) is 10.8. The summed E-state index contributed by atoms with van der Waals surface area (Å²) >= 11 is 1.73. The maximum absolute atomic E-state index is 10.8. The van der Waals surface area contributed by atoms with Crippen LogP contribution in [0.25, 0.3) is 0 Å². The number of rotatable bonds is 5. The second-order valence-electron chi connectivity index (χ2n) is 2.57. The lowest BCUT2D eigenvalue weighted by molar-refractivity contribution is 0.0995. The molecule has 1 rings (SSSR count). The number of anilines is 1. The van der Waals surface area contributed by atoms with Gasteiger partial charge in [0.15, 0.2) is 0 Å². The molecule has 3 N–H and O–H groups in total. The first-order valence-corrected chi connectivity index (χ1v) is 5.48. The molecule has 0 saturated heterocycles. The van der Waals surface area contributed by atoms with Crippen LogP contribution in [-0.4, -0.2) is 34.4 Å². The van der Waals surface area contributed by atoms with Crippen molar-refractivity contribution in [3.05, 3.63) is 18.1 Å². The Morgan fingerprint density at radius 2 is 2.43 bits per heavy atom. The van der Waals surface area contributed by atoms with Crippen molar-refractivity contribution in [2.24, 2.45) is 5.73 Å². The minimum Gasteiger partial charge on any atom is -0.368 e. The summed E-state index contributed by atoms with van der Waals surface area (Å²) in [5.74, 6) is 0.990. The SMILES string of the molecule is CSCCNc1cncc(C(N)=O)n1. The molecule has 0 aliphatic heterocycles. The Labute approximate surface area is 86.5 Å². The molecule has 0 unspecified atom stereocenters. The minimum atomic E-state index is -0.564. The van der Waals surface area contributed by atoms with E-state index in [-0.39, 0.29) is 5.69 Å². The molecule has 0 aromatic carbocycles. The third-order valence-electron chi connectivity index (χ3n) is 1.50. The smallest absolute Gasteiger partial charge is 0.268 e. The molecule has 5 nitrogen and oxygen atoms in total. The van der Waals surface area contributed by atoms with E-state index in [0.717, 1.165) is 12.3 Å². The minimum absolute atomic E-state index is 0.180. The van der Waals surface area contributed by atoms with E-state index in [2.05, 4.69) is 15.3 Å². The van der Waals surface area contributed by atoms with Crippen LogP contribution in [0.5, 0.6) is 0 Å². The first-order valence-electron chi connectivity index (χ1n) is 4.08. The molecule has 0 saturated carbocycles. The summed E-state index contributed by atoms with van der Waals surface area (Å²) in [5, 5.41) is 3.04. The first-order chi connectivity index (χ1) is 6.74. The molecule has 1 aromatic heterocycles. The van der Waals surface area contributed by atoms with E-state index < -0.39 is 5.91 Å². The molecule has 0 fully saturated rings. The summed E-state index contributed by atoms with van der Waals surface area (Å²) in [7, 11) is 0. The van der Waals surface area contributed by atoms with Crippen molar-refractivity contribution in [1.82, 2.24) is 9.97 Å². The third-order valence-corrected chi connectivity index (χ3v) is 2.11. The van der Waals surface area contributed by atoms with Crippen molar-refractivity contribution in [2.45, 2.75) is 0 Å². The lowest BCUT2D eigenvalue weighted by Gasteiger charge is -2.03. The molecule has 6 heteroatoms. The highest BCUT2D eigenvalue weighted by Gasteiger charge is 2.02. The van der Waals surface area contributed by atoms with Gasteiger partial charge in [0.2, 0.25) is 0 Å². The van der Waals surface area contributed by atoms with Gasteiger partial charge in [0.05, 0.1) is 12.4 Å². The Kier molecular flexibility index (Phi) is 4.18. The van der Waals surface area contributed by atoms with Crippen molar-refractivity contribution in [1.29, 1.82) is 0 Å². The second kappa shape index (κ2) is 5.43. The number of nitrogens with two attached hydrogens (primary N) is 1. The van der Waals surface area contributed by atoms with E-state index in [1.165, 1.54) is 6.20 Å². The normalized spacial score (nSPS) is 9.79. The van der Waals surface area contributed by atoms with E-state index in [1.807, 2.05) is 6.26 Å². The van der Waals surface area contributed by atoms with Crippen molar-refractivity contribution in [3.8, 4) is 0 Å². The Morgan fingerprint density at radius 3 is 3.07 bits per heavy atom. The molecule has 76 valence electrons. The summed E-state index contributed by atoms with van der Waals surface area (Å²) < 4.78 is 0. The van der Waals surface area contributed by atoms with Gasteiger partial charge < -0.3 is 11.1 Å². The Bertz CT molecular complexity index is 318. The van der Waals surface area contributed by atoms with Gasteiger partial charge in [0, 0.05) is 12.3 Å². The predicted molar refractivity (Wildman–Crippen MR) is 57.4 cm³/mol. The van der Waals surface area contributed by atoms with Gasteiger partial charge in [-0.15, -0.1) is 0 Å². The fourth-order valence-electron chi connectivity index (χ4n) is 0.851. The maximum atomic E-state index is 10.8. The monoisotopic (exact) mass is 212 g/mol. The average molecular weight is 212 g/mol. The number of amides is 1. The summed E-state index contributed by atoms with van der Waals surface area (Å²) in [5.41, 5.74) is 5.24. The van der Waals surface area contributed by atoms with Crippen LogP contribution >= 0.6 is 11.8 Å². The van der Waals surface area contributed by atoms with Crippen LogP contribution in [0.4, 0.5) is 5.82 Å². The van der Waals surface area contributed by atoms with Gasteiger partial charge in [0.1, 0.15) is 11.5 Å². The molecule has 1 aromatic rings. The van der Waals surface area contributed by atoms with Gasteiger partial charge in [-0.3, -0.25) is 9.78 Å². The van der Waals surface area contributed by atoms with E-state index in [1.54, 1.807) is 18.0 Å². The average Bonchev–Trinajstić information content (AvgIpc) is 2.19. The van der Waals surface area contributed by atoms with Gasteiger partial charge in [-0.05, 0) is 6.26 Å². The quantitative estimate of drug-likeness (QED) is 0.688. The van der Waals surface area contributed by atoms with Gasteiger partial charge in [-0.25, -0.2) is 4.98 Å². The van der Waals surface area contributed by atoms with Gasteiger partial charge >= 0.3 is 0 Å². The van der Waals surface area contributed by atoms with Crippen molar-refractivity contribution >= 4 is 23.5 Å². The number of nitrogens with one attached hydrogen (secondary N) is 1. The number of hydrogen-bond donors (Lipinski definition) is 2. The molecule has 1 amide bonds. The lowest BCUT2D eigenvalue weighted by Crippen LogP contribution is -2.15. The molecule has 0 spiro atoms. The second-order valence-corrected chi connectivity index (χ2v) is 3.56. The Hall–Kier alpha value is -1.30. The summed E-state index contributed by atoms with van der Waals surface area (Å²) in [4.78, 5) is 18.6. The Balaban J connectivity index is 2.59. The van der Waals surface area contributed by atoms with Gasteiger partial charge in [-0.1, -0.05) is 0 Å². The van der Waals surface area contributed by atoms with E-state index >= 15 is 0 Å². The molecule has 0 radical (unpaired) electrons. The number of thioether (sulfide) groups is 1. The molecular weight excluding hydrogens is 200 g/mol. The van der Waals surface area contributed by atoms with Crippen molar-refractivity contribution < 1.29 is 4.79 Å². The number of carbonyl (C=O) groups excluding carboxylic acids is 1. The lowest BCUT2D eigenvalue weighted by atomic mass is 10.4. The molecular formula is C8H12N4OS. The summed E-state index contributed by atoms with van der Waals surface area (Å²) in [6, 6.07) is 0. The van der Waals surface area contributed by atoms with E-state index in [9.17, 15) is 4.79 Å². The van der Waals surface area contributed by atoms with Gasteiger partial charge in [-0.2, -0.15) is 11.8 Å². The van der Waals surface area contributed by atoms with Crippen LogP contribution in [0, 0.1) is 0 Å². The van der Waals surface area contributed by atoms with Crippen LogP contribution in [0.2, 0.25) is 0 Å².